The second kappa shape index (κ2) is 6.20. The van der Waals surface area contributed by atoms with E-state index in [-0.39, 0.29) is 5.41 Å². The Balaban J connectivity index is 2.49. The summed E-state index contributed by atoms with van der Waals surface area (Å²) in [4.78, 5) is 13.6. The highest BCUT2D eigenvalue weighted by Gasteiger charge is 2.19. The maximum Gasteiger partial charge on any atom is 0.136 e. The molecule has 2 aromatic rings. The number of aryl methyl sites for hydroxylation is 1. The molecule has 0 aliphatic carbocycles. The zero-order chi connectivity index (χ0) is 15.5. The lowest BCUT2D eigenvalue weighted by molar-refractivity contribution is 0.546. The van der Waals surface area contributed by atoms with E-state index in [4.69, 9.17) is 4.98 Å². The molecule has 0 amide bonds. The second-order valence-corrected chi connectivity index (χ2v) is 6.39. The van der Waals surface area contributed by atoms with Crippen LogP contribution in [-0.2, 0) is 5.41 Å². The molecule has 0 atom stereocenters. The molecule has 0 radical (unpaired) electrons. The van der Waals surface area contributed by atoms with E-state index in [1.807, 2.05) is 25.4 Å². The number of pyridine rings is 1. The Morgan fingerprint density at radius 2 is 1.86 bits per heavy atom. The van der Waals surface area contributed by atoms with Crippen molar-refractivity contribution in [2.24, 2.45) is 0 Å². The summed E-state index contributed by atoms with van der Waals surface area (Å²) in [6.07, 6.45) is 4.77. The minimum absolute atomic E-state index is 0.0874. The van der Waals surface area contributed by atoms with Crippen molar-refractivity contribution in [1.82, 2.24) is 15.0 Å². The van der Waals surface area contributed by atoms with E-state index in [9.17, 15) is 0 Å². The fourth-order valence-electron chi connectivity index (χ4n) is 1.97. The van der Waals surface area contributed by atoms with Gasteiger partial charge < -0.3 is 5.32 Å². The molecule has 0 aliphatic heterocycles. The largest absolute Gasteiger partial charge is 0.370 e. The first-order chi connectivity index (χ1) is 9.90. The zero-order valence-corrected chi connectivity index (χ0v) is 13.6. The highest BCUT2D eigenvalue weighted by Crippen LogP contribution is 2.25. The summed E-state index contributed by atoms with van der Waals surface area (Å²) in [5.41, 5.74) is 2.99. The van der Waals surface area contributed by atoms with Crippen molar-refractivity contribution < 1.29 is 0 Å². The van der Waals surface area contributed by atoms with Gasteiger partial charge in [0.2, 0.25) is 0 Å². The van der Waals surface area contributed by atoms with Crippen molar-refractivity contribution in [2.75, 3.05) is 11.9 Å². The number of nitrogens with zero attached hydrogens (tertiary/aromatic N) is 3. The Morgan fingerprint density at radius 1 is 1.10 bits per heavy atom. The van der Waals surface area contributed by atoms with Crippen molar-refractivity contribution in [3.63, 3.8) is 0 Å². The van der Waals surface area contributed by atoms with Gasteiger partial charge in [0.1, 0.15) is 11.6 Å². The Hall–Kier alpha value is -1.97. The van der Waals surface area contributed by atoms with Crippen molar-refractivity contribution in [3.8, 4) is 11.3 Å². The molecule has 112 valence electrons. The number of rotatable bonds is 4. The van der Waals surface area contributed by atoms with Gasteiger partial charge in [0.25, 0.3) is 0 Å². The lowest BCUT2D eigenvalue weighted by Crippen LogP contribution is -2.18. The molecule has 0 saturated carbocycles. The van der Waals surface area contributed by atoms with Gasteiger partial charge in [-0.1, -0.05) is 27.7 Å². The van der Waals surface area contributed by atoms with Gasteiger partial charge in [-0.25, -0.2) is 9.97 Å². The van der Waals surface area contributed by atoms with Crippen LogP contribution in [0, 0.1) is 6.92 Å². The van der Waals surface area contributed by atoms with Crippen LogP contribution < -0.4 is 5.32 Å². The fraction of sp³-hybridized carbons (Fsp3) is 0.471. The summed E-state index contributed by atoms with van der Waals surface area (Å²) in [6, 6.07) is 4.10. The molecule has 4 nitrogen and oxygen atoms in total. The fourth-order valence-corrected chi connectivity index (χ4v) is 1.97. The SMILES string of the molecule is CCCNc1cc(-c2cncc(C)c2)nc(C(C)(C)C)n1. The van der Waals surface area contributed by atoms with E-state index in [0.29, 0.717) is 0 Å². The highest BCUT2D eigenvalue weighted by molar-refractivity contribution is 5.62. The van der Waals surface area contributed by atoms with E-state index in [0.717, 1.165) is 41.4 Å². The molecule has 0 aliphatic rings. The van der Waals surface area contributed by atoms with E-state index in [1.54, 1.807) is 0 Å². The van der Waals surface area contributed by atoms with Gasteiger partial charge in [-0.2, -0.15) is 0 Å². The molecule has 0 bridgehead atoms. The predicted octanol–water partition coefficient (Wildman–Crippen LogP) is 3.97. The second-order valence-electron chi connectivity index (χ2n) is 6.39. The van der Waals surface area contributed by atoms with Crippen LogP contribution in [0.1, 0.15) is 45.5 Å². The third-order valence-electron chi connectivity index (χ3n) is 3.12. The van der Waals surface area contributed by atoms with Gasteiger partial charge in [0.05, 0.1) is 5.69 Å². The lowest BCUT2D eigenvalue weighted by Gasteiger charge is -2.19. The van der Waals surface area contributed by atoms with Crippen molar-refractivity contribution in [2.45, 2.75) is 46.5 Å². The van der Waals surface area contributed by atoms with Gasteiger partial charge in [0.15, 0.2) is 0 Å². The molecule has 0 aromatic carbocycles. The first-order valence-corrected chi connectivity index (χ1v) is 7.45. The quantitative estimate of drug-likeness (QED) is 0.923. The summed E-state index contributed by atoms with van der Waals surface area (Å²) in [6.45, 7) is 11.5. The minimum atomic E-state index is -0.0874. The summed E-state index contributed by atoms with van der Waals surface area (Å²) < 4.78 is 0. The molecule has 2 heterocycles. The van der Waals surface area contributed by atoms with Gasteiger partial charge in [0, 0.05) is 36.0 Å². The molecule has 0 fully saturated rings. The normalized spacial score (nSPS) is 11.5. The van der Waals surface area contributed by atoms with Crippen LogP contribution in [0.5, 0.6) is 0 Å². The lowest BCUT2D eigenvalue weighted by atomic mass is 9.95. The number of anilines is 1. The first-order valence-electron chi connectivity index (χ1n) is 7.45. The molecule has 2 aromatic heterocycles. The first kappa shape index (κ1) is 15.4. The van der Waals surface area contributed by atoms with Gasteiger partial charge >= 0.3 is 0 Å². The third kappa shape index (κ3) is 4.00. The smallest absolute Gasteiger partial charge is 0.136 e. The van der Waals surface area contributed by atoms with Gasteiger partial charge in [-0.3, -0.25) is 4.98 Å². The Morgan fingerprint density at radius 3 is 2.48 bits per heavy atom. The Labute approximate surface area is 127 Å². The van der Waals surface area contributed by atoms with Gasteiger partial charge in [-0.15, -0.1) is 0 Å². The highest BCUT2D eigenvalue weighted by atomic mass is 15.0. The molecule has 4 heteroatoms. The molecule has 0 unspecified atom stereocenters. The molecule has 1 N–H and O–H groups in total. The minimum Gasteiger partial charge on any atom is -0.370 e. The topological polar surface area (TPSA) is 50.7 Å². The number of hydrogen-bond acceptors (Lipinski definition) is 4. The average molecular weight is 284 g/mol. The molecular formula is C17H24N4. The van der Waals surface area contributed by atoms with E-state index >= 15 is 0 Å². The maximum atomic E-state index is 4.73. The Bertz CT molecular complexity index is 614. The van der Waals surface area contributed by atoms with Crippen molar-refractivity contribution in [3.05, 3.63) is 35.9 Å². The molecule has 0 spiro atoms. The van der Waals surface area contributed by atoms with Crippen molar-refractivity contribution in [1.29, 1.82) is 0 Å². The van der Waals surface area contributed by atoms with Crippen LogP contribution >= 0.6 is 0 Å². The van der Waals surface area contributed by atoms with Crippen LogP contribution in [0.25, 0.3) is 11.3 Å². The monoisotopic (exact) mass is 284 g/mol. The zero-order valence-electron chi connectivity index (χ0n) is 13.6. The Kier molecular flexibility index (Phi) is 4.56. The molecule has 2 rings (SSSR count). The van der Waals surface area contributed by atoms with Gasteiger partial charge in [-0.05, 0) is 25.0 Å². The van der Waals surface area contributed by atoms with E-state index in [1.165, 1.54) is 0 Å². The van der Waals surface area contributed by atoms with E-state index < -0.39 is 0 Å². The molecular weight excluding hydrogens is 260 g/mol. The third-order valence-corrected chi connectivity index (χ3v) is 3.12. The predicted molar refractivity (Wildman–Crippen MR) is 87.5 cm³/mol. The standard InChI is InChI=1S/C17H24N4/c1-6-7-19-15-9-14(13-8-12(2)10-18-11-13)20-16(21-15)17(3,4)5/h8-11H,6-7H2,1-5H3,(H,19,20,21). The summed E-state index contributed by atoms with van der Waals surface area (Å²) in [7, 11) is 0. The van der Waals surface area contributed by atoms with Crippen LogP contribution in [0.4, 0.5) is 5.82 Å². The maximum absolute atomic E-state index is 4.73. The van der Waals surface area contributed by atoms with Crippen LogP contribution in [0.2, 0.25) is 0 Å². The van der Waals surface area contributed by atoms with Crippen LogP contribution in [-0.4, -0.2) is 21.5 Å². The summed E-state index contributed by atoms with van der Waals surface area (Å²) >= 11 is 0. The molecule has 0 saturated heterocycles. The van der Waals surface area contributed by atoms with E-state index in [2.05, 4.69) is 49.0 Å². The van der Waals surface area contributed by atoms with Crippen LogP contribution in [0.3, 0.4) is 0 Å². The number of aromatic nitrogens is 3. The number of hydrogen-bond donors (Lipinski definition) is 1. The van der Waals surface area contributed by atoms with Crippen molar-refractivity contribution >= 4 is 5.82 Å². The summed E-state index contributed by atoms with van der Waals surface area (Å²) in [5.74, 6) is 1.73. The molecule has 21 heavy (non-hydrogen) atoms. The summed E-state index contributed by atoms with van der Waals surface area (Å²) in [5, 5.41) is 3.36. The van der Waals surface area contributed by atoms with Crippen LogP contribution in [0.15, 0.2) is 24.5 Å². The average Bonchev–Trinajstić information content (AvgIpc) is 2.44. The number of nitrogens with one attached hydrogen (secondary N) is 1.